The fraction of sp³-hybridized carbons (Fsp3) is 0.875. The van der Waals surface area contributed by atoms with Gasteiger partial charge in [0.2, 0.25) is 11.9 Å². The fourth-order valence-corrected chi connectivity index (χ4v) is 5.50. The van der Waals surface area contributed by atoms with Crippen molar-refractivity contribution in [3.63, 3.8) is 0 Å². The molecule has 238 valence electrons. The zero-order valence-electron chi connectivity index (χ0n) is 26.4. The van der Waals surface area contributed by atoms with Crippen LogP contribution in [0.25, 0.3) is 0 Å². The Morgan fingerprint density at radius 1 is 0.829 bits per heavy atom. The fourth-order valence-electron chi connectivity index (χ4n) is 5.50. The molecule has 2 N–H and O–H groups in total. The molecule has 3 unspecified atom stereocenters. The monoisotopic (exact) mass is 580 g/mol. The average molecular weight is 581 g/mol. The van der Waals surface area contributed by atoms with Crippen LogP contribution in [0.2, 0.25) is 0 Å². The molecule has 0 fully saturated rings. The number of carbonyl (C=O) groups is 2. The van der Waals surface area contributed by atoms with Crippen LogP contribution in [0.1, 0.15) is 122 Å². The quantitative estimate of drug-likeness (QED) is 0.0527. The molecule has 0 aliphatic heterocycles. The van der Waals surface area contributed by atoms with E-state index in [0.29, 0.717) is 19.5 Å². The van der Waals surface area contributed by atoms with Crippen LogP contribution in [0, 0.1) is 22.0 Å². The molecule has 0 heterocycles. The van der Waals surface area contributed by atoms with Crippen LogP contribution in [0.4, 0.5) is 4.79 Å². The molecule has 2 amide bonds. The largest absolute Gasteiger partial charge is 0.449 e. The van der Waals surface area contributed by atoms with E-state index in [-0.39, 0.29) is 12.5 Å². The van der Waals surface area contributed by atoms with E-state index in [1.54, 1.807) is 6.08 Å². The van der Waals surface area contributed by atoms with Crippen LogP contribution in [0.5, 0.6) is 0 Å². The minimum atomic E-state index is -1.11. The first kappa shape index (κ1) is 36.9. The predicted octanol–water partition coefficient (Wildman–Crippen LogP) is 6.88. The van der Waals surface area contributed by atoms with Gasteiger partial charge in [0, 0.05) is 23.9 Å². The number of allylic oxidation sites excluding steroid dienone is 1. The zero-order valence-corrected chi connectivity index (χ0v) is 26.4. The molecule has 1 aliphatic rings. The number of ether oxygens (including phenoxy) is 1. The summed E-state index contributed by atoms with van der Waals surface area (Å²) < 4.78 is 5.34. The Morgan fingerprint density at radius 3 is 1.85 bits per heavy atom. The van der Waals surface area contributed by atoms with Crippen LogP contribution < -0.4 is 10.6 Å². The summed E-state index contributed by atoms with van der Waals surface area (Å²) in [5.41, 5.74) is 0. The Kier molecular flexibility index (Phi) is 22.0. The zero-order chi connectivity index (χ0) is 30.1. The second kappa shape index (κ2) is 24.4. The standard InChI is InChI=1S/C32H60N4O5/c1-4-5-6-7-8-9-10-11-12-13-14-15-16-17-18-19-24-33-31(37)30-28(22-20-23-29(30)36(39)40)27-41-32(38)34-25-21-26-35(2)3/h20,23,28-30H,4-19,21-22,24-27H2,1-3H3,(H,33,37)(H,34,38). The van der Waals surface area contributed by atoms with Crippen molar-refractivity contribution in [3.8, 4) is 0 Å². The molecule has 0 spiro atoms. The molecule has 0 saturated heterocycles. The Balaban J connectivity index is 2.18. The Morgan fingerprint density at radius 2 is 1.34 bits per heavy atom. The van der Waals surface area contributed by atoms with Crippen molar-refractivity contribution in [2.75, 3.05) is 40.3 Å². The Hall–Kier alpha value is -2.16. The van der Waals surface area contributed by atoms with Crippen LogP contribution in [0.15, 0.2) is 12.2 Å². The smallest absolute Gasteiger partial charge is 0.407 e. The molecule has 9 nitrogen and oxygen atoms in total. The van der Waals surface area contributed by atoms with Crippen LogP contribution in [-0.2, 0) is 9.53 Å². The molecule has 0 saturated carbocycles. The summed E-state index contributed by atoms with van der Waals surface area (Å²) in [4.78, 5) is 38.3. The number of hydrogen-bond donors (Lipinski definition) is 2. The van der Waals surface area contributed by atoms with Gasteiger partial charge in [-0.25, -0.2) is 4.79 Å². The molecular weight excluding hydrogens is 520 g/mol. The predicted molar refractivity (Wildman–Crippen MR) is 167 cm³/mol. The van der Waals surface area contributed by atoms with Crippen molar-refractivity contribution in [2.24, 2.45) is 11.8 Å². The van der Waals surface area contributed by atoms with Crippen molar-refractivity contribution in [3.05, 3.63) is 22.3 Å². The van der Waals surface area contributed by atoms with Gasteiger partial charge in [0.15, 0.2) is 0 Å². The number of amides is 2. The number of alkyl carbamates (subject to hydrolysis) is 1. The van der Waals surface area contributed by atoms with Gasteiger partial charge in [-0.3, -0.25) is 14.9 Å². The second-order valence-electron chi connectivity index (χ2n) is 12.0. The summed E-state index contributed by atoms with van der Waals surface area (Å²) >= 11 is 0. The third-order valence-corrected chi connectivity index (χ3v) is 8.00. The van der Waals surface area contributed by atoms with E-state index in [0.717, 1.165) is 32.2 Å². The van der Waals surface area contributed by atoms with Crippen LogP contribution in [0.3, 0.4) is 0 Å². The van der Waals surface area contributed by atoms with Gasteiger partial charge in [0.25, 0.3) is 0 Å². The summed E-state index contributed by atoms with van der Waals surface area (Å²) in [5.74, 6) is -1.59. The summed E-state index contributed by atoms with van der Waals surface area (Å²) in [6, 6.07) is -1.11. The lowest BCUT2D eigenvalue weighted by molar-refractivity contribution is -0.518. The number of unbranched alkanes of at least 4 members (excludes halogenated alkanes) is 15. The maximum Gasteiger partial charge on any atom is 0.407 e. The lowest BCUT2D eigenvalue weighted by Gasteiger charge is -2.29. The SMILES string of the molecule is CCCCCCCCCCCCCCCCCCNC(=O)C1C(COC(=O)NCCCN(C)C)CC=CC1[N+](=O)[O-]. The van der Waals surface area contributed by atoms with Crippen LogP contribution >= 0.6 is 0 Å². The van der Waals surface area contributed by atoms with Gasteiger partial charge < -0.3 is 20.3 Å². The number of nitro groups is 1. The lowest BCUT2D eigenvalue weighted by atomic mass is 9.79. The van der Waals surface area contributed by atoms with Gasteiger partial charge in [0.1, 0.15) is 5.92 Å². The van der Waals surface area contributed by atoms with E-state index >= 15 is 0 Å². The molecule has 1 rings (SSSR count). The first-order chi connectivity index (χ1) is 19.9. The molecule has 0 aromatic rings. The average Bonchev–Trinajstić information content (AvgIpc) is 2.95. The molecule has 9 heteroatoms. The highest BCUT2D eigenvalue weighted by molar-refractivity contribution is 5.80. The highest BCUT2D eigenvalue weighted by Gasteiger charge is 2.43. The lowest BCUT2D eigenvalue weighted by Crippen LogP contribution is -2.47. The van der Waals surface area contributed by atoms with Crippen molar-refractivity contribution in [1.29, 1.82) is 0 Å². The molecule has 41 heavy (non-hydrogen) atoms. The summed E-state index contributed by atoms with van der Waals surface area (Å²) in [6.45, 7) is 4.09. The van der Waals surface area contributed by atoms with E-state index < -0.39 is 28.9 Å². The van der Waals surface area contributed by atoms with Gasteiger partial charge in [-0.05, 0) is 46.0 Å². The van der Waals surface area contributed by atoms with Crippen LogP contribution in [-0.4, -0.2) is 68.2 Å². The van der Waals surface area contributed by atoms with Gasteiger partial charge >= 0.3 is 6.09 Å². The van der Waals surface area contributed by atoms with Crippen molar-refractivity contribution in [1.82, 2.24) is 15.5 Å². The molecule has 3 atom stereocenters. The van der Waals surface area contributed by atoms with E-state index in [4.69, 9.17) is 4.74 Å². The van der Waals surface area contributed by atoms with Crippen molar-refractivity contribution < 1.29 is 19.2 Å². The van der Waals surface area contributed by atoms with Crippen molar-refractivity contribution in [2.45, 2.75) is 129 Å². The van der Waals surface area contributed by atoms with Gasteiger partial charge in [-0.2, -0.15) is 0 Å². The second-order valence-corrected chi connectivity index (χ2v) is 12.0. The highest BCUT2D eigenvalue weighted by Crippen LogP contribution is 2.28. The minimum Gasteiger partial charge on any atom is -0.449 e. The molecule has 0 aromatic carbocycles. The summed E-state index contributed by atoms with van der Waals surface area (Å²) in [7, 11) is 3.93. The third-order valence-electron chi connectivity index (χ3n) is 8.00. The van der Waals surface area contributed by atoms with E-state index in [1.165, 1.54) is 89.5 Å². The number of nitrogens with one attached hydrogen (secondary N) is 2. The maximum absolute atomic E-state index is 13.0. The van der Waals surface area contributed by atoms with E-state index in [9.17, 15) is 19.7 Å². The van der Waals surface area contributed by atoms with Gasteiger partial charge in [-0.15, -0.1) is 0 Å². The first-order valence-corrected chi connectivity index (χ1v) is 16.5. The first-order valence-electron chi connectivity index (χ1n) is 16.5. The number of carbonyl (C=O) groups excluding carboxylic acids is 2. The number of hydrogen-bond acceptors (Lipinski definition) is 6. The molecule has 0 aromatic heterocycles. The van der Waals surface area contributed by atoms with E-state index in [1.807, 2.05) is 19.0 Å². The van der Waals surface area contributed by atoms with Gasteiger partial charge in [-0.1, -0.05) is 109 Å². The maximum atomic E-state index is 13.0. The molecule has 1 aliphatic carbocycles. The normalized spacial score (nSPS) is 18.4. The third kappa shape index (κ3) is 18.8. The topological polar surface area (TPSA) is 114 Å². The molecular formula is C32H60N4O5. The summed E-state index contributed by atoms with van der Waals surface area (Å²) in [5, 5.41) is 17.3. The summed E-state index contributed by atoms with van der Waals surface area (Å²) in [6.07, 6.45) is 24.5. The number of nitrogens with zero attached hydrogens (tertiary/aromatic N) is 2. The van der Waals surface area contributed by atoms with E-state index in [2.05, 4.69) is 17.6 Å². The highest BCUT2D eigenvalue weighted by atomic mass is 16.6. The Bertz CT molecular complexity index is 731. The Labute approximate surface area is 249 Å². The van der Waals surface area contributed by atoms with Gasteiger partial charge in [0.05, 0.1) is 6.61 Å². The number of rotatable bonds is 25. The molecule has 0 bridgehead atoms. The molecule has 0 radical (unpaired) electrons. The van der Waals surface area contributed by atoms with Crippen molar-refractivity contribution >= 4 is 12.0 Å². The minimum absolute atomic E-state index is 0.0225.